The van der Waals surface area contributed by atoms with Crippen molar-refractivity contribution < 1.29 is 9.53 Å². The first-order valence-electron chi connectivity index (χ1n) is 5.00. The molecular formula is C9H19N3O2. The molecule has 0 saturated carbocycles. The van der Waals surface area contributed by atoms with Crippen molar-refractivity contribution in [1.82, 2.24) is 15.5 Å². The van der Waals surface area contributed by atoms with Crippen LogP contribution in [0.25, 0.3) is 0 Å². The first kappa shape index (κ1) is 11.3. The molecule has 0 radical (unpaired) electrons. The third-order valence-corrected chi connectivity index (χ3v) is 2.34. The number of carbonyl (C=O) groups is 1. The molecular weight excluding hydrogens is 182 g/mol. The summed E-state index contributed by atoms with van der Waals surface area (Å²) in [7, 11) is 1.69. The summed E-state index contributed by atoms with van der Waals surface area (Å²) in [6, 6.07) is 0.0478. The van der Waals surface area contributed by atoms with Crippen molar-refractivity contribution in [1.29, 1.82) is 0 Å². The molecule has 0 aliphatic carbocycles. The number of ether oxygens (including phenoxy) is 1. The van der Waals surface area contributed by atoms with E-state index >= 15 is 0 Å². The van der Waals surface area contributed by atoms with Gasteiger partial charge in [0, 0.05) is 39.8 Å². The molecule has 1 atom stereocenters. The molecule has 0 spiro atoms. The third kappa shape index (κ3) is 3.51. The number of hydrogen-bond donors (Lipinski definition) is 2. The number of urea groups is 1. The van der Waals surface area contributed by atoms with E-state index in [9.17, 15) is 4.79 Å². The maximum absolute atomic E-state index is 11.1. The van der Waals surface area contributed by atoms with Crippen molar-refractivity contribution in [3.05, 3.63) is 0 Å². The predicted molar refractivity (Wildman–Crippen MR) is 54.3 cm³/mol. The van der Waals surface area contributed by atoms with Gasteiger partial charge < -0.3 is 20.3 Å². The number of methoxy groups -OCH3 is 1. The SMILES string of the molecule is COC(C)CNCCN1CCNC1=O. The summed E-state index contributed by atoms with van der Waals surface area (Å²) < 4.78 is 5.09. The van der Waals surface area contributed by atoms with E-state index in [1.165, 1.54) is 0 Å². The zero-order valence-corrected chi connectivity index (χ0v) is 8.88. The zero-order chi connectivity index (χ0) is 10.4. The van der Waals surface area contributed by atoms with Crippen LogP contribution in [0.3, 0.4) is 0 Å². The van der Waals surface area contributed by atoms with Crippen LogP contribution in [0.15, 0.2) is 0 Å². The molecule has 1 rings (SSSR count). The monoisotopic (exact) mass is 201 g/mol. The summed E-state index contributed by atoms with van der Waals surface area (Å²) in [5.74, 6) is 0. The molecule has 14 heavy (non-hydrogen) atoms. The lowest BCUT2D eigenvalue weighted by Gasteiger charge is -2.15. The van der Waals surface area contributed by atoms with Crippen LogP contribution in [0.4, 0.5) is 4.79 Å². The minimum Gasteiger partial charge on any atom is -0.380 e. The van der Waals surface area contributed by atoms with Crippen LogP contribution in [0.1, 0.15) is 6.92 Å². The molecule has 5 heteroatoms. The van der Waals surface area contributed by atoms with Gasteiger partial charge in [-0.2, -0.15) is 0 Å². The standard InChI is InChI=1S/C9H19N3O2/c1-8(14-2)7-10-3-5-12-6-4-11-9(12)13/h8,10H,3-7H2,1-2H3,(H,11,13). The van der Waals surface area contributed by atoms with Crippen LogP contribution < -0.4 is 10.6 Å². The van der Waals surface area contributed by atoms with Crippen LogP contribution in [-0.4, -0.2) is 56.9 Å². The highest BCUT2D eigenvalue weighted by Gasteiger charge is 2.17. The van der Waals surface area contributed by atoms with Gasteiger partial charge in [0.2, 0.25) is 0 Å². The summed E-state index contributed by atoms with van der Waals surface area (Å²) >= 11 is 0. The lowest BCUT2D eigenvalue weighted by molar-refractivity contribution is 0.117. The molecule has 0 aromatic heterocycles. The number of nitrogens with zero attached hydrogens (tertiary/aromatic N) is 1. The van der Waals surface area contributed by atoms with E-state index in [0.717, 1.165) is 32.7 Å². The molecule has 1 unspecified atom stereocenters. The third-order valence-electron chi connectivity index (χ3n) is 2.34. The van der Waals surface area contributed by atoms with Gasteiger partial charge >= 0.3 is 6.03 Å². The van der Waals surface area contributed by atoms with Crippen molar-refractivity contribution in [3.8, 4) is 0 Å². The molecule has 0 bridgehead atoms. The van der Waals surface area contributed by atoms with Crippen molar-refractivity contribution in [3.63, 3.8) is 0 Å². The van der Waals surface area contributed by atoms with Crippen LogP contribution in [0.5, 0.6) is 0 Å². The second-order valence-corrected chi connectivity index (χ2v) is 3.47. The average Bonchev–Trinajstić information content (AvgIpc) is 2.58. The molecule has 1 fully saturated rings. The summed E-state index contributed by atoms with van der Waals surface area (Å²) in [5, 5.41) is 6.00. The van der Waals surface area contributed by atoms with Gasteiger partial charge in [0.05, 0.1) is 6.10 Å². The minimum atomic E-state index is 0.0478. The van der Waals surface area contributed by atoms with E-state index in [1.54, 1.807) is 7.11 Å². The van der Waals surface area contributed by atoms with E-state index in [-0.39, 0.29) is 12.1 Å². The van der Waals surface area contributed by atoms with E-state index in [4.69, 9.17) is 4.74 Å². The zero-order valence-electron chi connectivity index (χ0n) is 8.88. The van der Waals surface area contributed by atoms with E-state index in [0.29, 0.717) is 0 Å². The summed E-state index contributed by atoms with van der Waals surface area (Å²) in [5.41, 5.74) is 0. The van der Waals surface area contributed by atoms with Crippen molar-refractivity contribution in [2.75, 3.05) is 39.8 Å². The quantitative estimate of drug-likeness (QED) is 0.577. The predicted octanol–water partition coefficient (Wildman–Crippen LogP) is -0.364. The number of amides is 2. The molecule has 2 N–H and O–H groups in total. The fourth-order valence-electron chi connectivity index (χ4n) is 1.33. The Morgan fingerprint density at radius 2 is 2.50 bits per heavy atom. The Balaban J connectivity index is 2.01. The highest BCUT2D eigenvalue weighted by Crippen LogP contribution is 1.94. The minimum absolute atomic E-state index is 0.0478. The smallest absolute Gasteiger partial charge is 0.317 e. The molecule has 0 aromatic rings. The van der Waals surface area contributed by atoms with Crippen molar-refractivity contribution >= 4 is 6.03 Å². The van der Waals surface area contributed by atoms with Gasteiger partial charge in [-0.25, -0.2) is 4.79 Å². The van der Waals surface area contributed by atoms with Crippen LogP contribution in [0.2, 0.25) is 0 Å². The highest BCUT2D eigenvalue weighted by molar-refractivity contribution is 5.76. The number of nitrogens with one attached hydrogen (secondary N) is 2. The Bertz CT molecular complexity index is 187. The van der Waals surface area contributed by atoms with Gasteiger partial charge in [0.1, 0.15) is 0 Å². The van der Waals surface area contributed by atoms with Crippen molar-refractivity contribution in [2.45, 2.75) is 13.0 Å². The van der Waals surface area contributed by atoms with E-state index < -0.39 is 0 Å². The fourth-order valence-corrected chi connectivity index (χ4v) is 1.33. The fraction of sp³-hybridized carbons (Fsp3) is 0.889. The van der Waals surface area contributed by atoms with Gasteiger partial charge in [-0.3, -0.25) is 0 Å². The first-order chi connectivity index (χ1) is 6.74. The van der Waals surface area contributed by atoms with Crippen LogP contribution in [-0.2, 0) is 4.74 Å². The molecule has 1 saturated heterocycles. The maximum atomic E-state index is 11.1. The average molecular weight is 201 g/mol. The summed E-state index contributed by atoms with van der Waals surface area (Å²) in [6.07, 6.45) is 0.224. The second-order valence-electron chi connectivity index (χ2n) is 3.47. The van der Waals surface area contributed by atoms with Gasteiger partial charge in [-0.05, 0) is 6.92 Å². The molecule has 1 heterocycles. The Kier molecular flexibility index (Phi) is 4.69. The Morgan fingerprint density at radius 1 is 1.71 bits per heavy atom. The molecule has 1 aliphatic heterocycles. The van der Waals surface area contributed by atoms with Crippen LogP contribution in [0, 0.1) is 0 Å². The van der Waals surface area contributed by atoms with Gasteiger partial charge in [-0.1, -0.05) is 0 Å². The Hall–Kier alpha value is -0.810. The van der Waals surface area contributed by atoms with Gasteiger partial charge in [-0.15, -0.1) is 0 Å². The lowest BCUT2D eigenvalue weighted by atomic mass is 10.4. The van der Waals surface area contributed by atoms with E-state index in [1.807, 2.05) is 11.8 Å². The maximum Gasteiger partial charge on any atom is 0.317 e. The second kappa shape index (κ2) is 5.82. The van der Waals surface area contributed by atoms with Crippen molar-refractivity contribution in [2.24, 2.45) is 0 Å². The van der Waals surface area contributed by atoms with Gasteiger partial charge in [0.25, 0.3) is 0 Å². The molecule has 2 amide bonds. The normalized spacial score (nSPS) is 18.4. The number of hydrogen-bond acceptors (Lipinski definition) is 3. The lowest BCUT2D eigenvalue weighted by Crippen LogP contribution is -2.36. The molecule has 5 nitrogen and oxygen atoms in total. The first-order valence-corrected chi connectivity index (χ1v) is 5.00. The van der Waals surface area contributed by atoms with E-state index in [2.05, 4.69) is 10.6 Å². The number of rotatable bonds is 6. The number of carbonyl (C=O) groups excluding carboxylic acids is 1. The topological polar surface area (TPSA) is 53.6 Å². The highest BCUT2D eigenvalue weighted by atomic mass is 16.5. The van der Waals surface area contributed by atoms with Crippen LogP contribution >= 0.6 is 0 Å². The Labute approximate surface area is 84.8 Å². The molecule has 1 aliphatic rings. The molecule has 82 valence electrons. The summed E-state index contributed by atoms with van der Waals surface area (Å²) in [4.78, 5) is 12.9. The largest absolute Gasteiger partial charge is 0.380 e. The summed E-state index contributed by atoms with van der Waals surface area (Å²) in [6.45, 7) is 6.01. The Morgan fingerprint density at radius 3 is 3.07 bits per heavy atom. The molecule has 0 aromatic carbocycles. The van der Waals surface area contributed by atoms with Gasteiger partial charge in [0.15, 0.2) is 0 Å².